The number of allylic oxidation sites excluding steroid dienone is 2. The number of nitriles is 2. The maximum Gasteiger partial charge on any atom is 0.309 e. The number of fused-ring (bicyclic) bond motifs is 1. The Balaban J connectivity index is 1.91. The number of esters is 1. The van der Waals surface area contributed by atoms with Crippen LogP contribution in [0, 0.1) is 22.7 Å². The standard InChI is InChI=1S/C22H18N2O2/c1-26-21(25)12-16-6-8-17(9-7-16)13-22(15-24)11-10-18(14-23)19-4-2-3-5-20(19)22/h2-10H,11-13H2,1H3. The van der Waals surface area contributed by atoms with E-state index in [2.05, 4.69) is 16.9 Å². The second kappa shape index (κ2) is 7.25. The van der Waals surface area contributed by atoms with Crippen LogP contribution in [0.25, 0.3) is 5.57 Å². The monoisotopic (exact) mass is 342 g/mol. The van der Waals surface area contributed by atoms with Crippen molar-refractivity contribution < 1.29 is 9.53 Å². The van der Waals surface area contributed by atoms with Crippen LogP contribution >= 0.6 is 0 Å². The van der Waals surface area contributed by atoms with Gasteiger partial charge in [0.2, 0.25) is 0 Å². The van der Waals surface area contributed by atoms with Crippen LogP contribution in [-0.4, -0.2) is 13.1 Å². The molecule has 2 aromatic rings. The first kappa shape index (κ1) is 17.5. The van der Waals surface area contributed by atoms with Gasteiger partial charge in [0.15, 0.2) is 0 Å². The number of ether oxygens (including phenoxy) is 1. The molecule has 0 spiro atoms. The predicted octanol–water partition coefficient (Wildman–Crippen LogP) is 3.72. The lowest BCUT2D eigenvalue weighted by atomic mass is 9.68. The van der Waals surface area contributed by atoms with Crippen molar-refractivity contribution in [2.24, 2.45) is 0 Å². The lowest BCUT2D eigenvalue weighted by molar-refractivity contribution is -0.139. The molecule has 4 heteroatoms. The third kappa shape index (κ3) is 3.23. The number of carbonyl (C=O) groups excluding carboxylic acids is 1. The summed E-state index contributed by atoms with van der Waals surface area (Å²) in [4.78, 5) is 11.4. The van der Waals surface area contributed by atoms with E-state index in [9.17, 15) is 15.3 Å². The highest BCUT2D eigenvalue weighted by Crippen LogP contribution is 2.41. The summed E-state index contributed by atoms with van der Waals surface area (Å²) in [6.45, 7) is 0. The molecule has 0 radical (unpaired) electrons. The molecule has 128 valence electrons. The number of carbonyl (C=O) groups is 1. The largest absolute Gasteiger partial charge is 0.469 e. The Kier molecular flexibility index (Phi) is 4.87. The Bertz CT molecular complexity index is 945. The van der Waals surface area contributed by atoms with Crippen molar-refractivity contribution in [3.63, 3.8) is 0 Å². The van der Waals surface area contributed by atoms with Crippen molar-refractivity contribution in [2.45, 2.75) is 24.7 Å². The molecule has 0 aromatic heterocycles. The summed E-state index contributed by atoms with van der Waals surface area (Å²) in [6, 6.07) is 20.0. The Morgan fingerprint density at radius 2 is 1.81 bits per heavy atom. The van der Waals surface area contributed by atoms with Gasteiger partial charge in [-0.3, -0.25) is 4.79 Å². The highest BCUT2D eigenvalue weighted by Gasteiger charge is 2.37. The third-order valence-electron chi connectivity index (χ3n) is 4.83. The van der Waals surface area contributed by atoms with Crippen molar-refractivity contribution in [1.29, 1.82) is 10.5 Å². The van der Waals surface area contributed by atoms with Crippen LogP contribution in [0.4, 0.5) is 0 Å². The maximum absolute atomic E-state index is 11.4. The number of nitrogens with zero attached hydrogens (tertiary/aromatic N) is 2. The van der Waals surface area contributed by atoms with Gasteiger partial charge >= 0.3 is 5.97 Å². The molecule has 0 saturated heterocycles. The number of hydrogen-bond acceptors (Lipinski definition) is 4. The average molecular weight is 342 g/mol. The summed E-state index contributed by atoms with van der Waals surface area (Å²) in [5.41, 5.74) is 3.57. The van der Waals surface area contributed by atoms with Gasteiger partial charge in [-0.15, -0.1) is 0 Å². The molecule has 0 N–H and O–H groups in total. The molecule has 0 fully saturated rings. The third-order valence-corrected chi connectivity index (χ3v) is 4.83. The van der Waals surface area contributed by atoms with E-state index < -0.39 is 5.41 Å². The van der Waals surface area contributed by atoms with Gasteiger partial charge in [0.05, 0.1) is 36.7 Å². The second-order valence-electron chi connectivity index (χ2n) is 6.42. The van der Waals surface area contributed by atoms with E-state index in [1.54, 1.807) is 0 Å². The Morgan fingerprint density at radius 1 is 1.12 bits per heavy atom. The van der Waals surface area contributed by atoms with Crippen LogP contribution < -0.4 is 0 Å². The minimum atomic E-state index is -0.694. The fourth-order valence-corrected chi connectivity index (χ4v) is 3.41. The minimum Gasteiger partial charge on any atom is -0.469 e. The van der Waals surface area contributed by atoms with Gasteiger partial charge in [0.25, 0.3) is 0 Å². The minimum absolute atomic E-state index is 0.233. The topological polar surface area (TPSA) is 73.9 Å². The molecule has 0 aliphatic heterocycles. The van der Waals surface area contributed by atoms with E-state index in [1.165, 1.54) is 7.11 Å². The van der Waals surface area contributed by atoms with Crippen molar-refractivity contribution in [1.82, 2.24) is 0 Å². The maximum atomic E-state index is 11.4. The molecule has 1 aliphatic carbocycles. The number of hydrogen-bond donors (Lipinski definition) is 0. The normalized spacial score (nSPS) is 18.0. The quantitative estimate of drug-likeness (QED) is 0.794. The van der Waals surface area contributed by atoms with Gasteiger partial charge in [-0.2, -0.15) is 10.5 Å². The van der Waals surface area contributed by atoms with Crippen LogP contribution in [0.15, 0.2) is 54.6 Å². The fourth-order valence-electron chi connectivity index (χ4n) is 3.41. The van der Waals surface area contributed by atoms with Crippen LogP contribution in [0.3, 0.4) is 0 Å². The molecule has 1 unspecified atom stereocenters. The van der Waals surface area contributed by atoms with E-state index in [1.807, 2.05) is 54.6 Å². The van der Waals surface area contributed by atoms with E-state index >= 15 is 0 Å². The second-order valence-corrected chi connectivity index (χ2v) is 6.42. The molecule has 0 amide bonds. The average Bonchev–Trinajstić information content (AvgIpc) is 2.69. The fraction of sp³-hybridized carbons (Fsp3) is 0.227. The zero-order chi connectivity index (χ0) is 18.6. The lowest BCUT2D eigenvalue weighted by Crippen LogP contribution is -2.30. The lowest BCUT2D eigenvalue weighted by Gasteiger charge is -2.31. The number of benzene rings is 2. The van der Waals surface area contributed by atoms with Gasteiger partial charge in [0.1, 0.15) is 0 Å². The van der Waals surface area contributed by atoms with Crippen molar-refractivity contribution >= 4 is 11.5 Å². The van der Waals surface area contributed by atoms with Gasteiger partial charge in [-0.05, 0) is 35.1 Å². The predicted molar refractivity (Wildman–Crippen MR) is 97.8 cm³/mol. The van der Waals surface area contributed by atoms with Gasteiger partial charge < -0.3 is 4.74 Å². The number of rotatable bonds is 4. The molecule has 4 nitrogen and oxygen atoms in total. The van der Waals surface area contributed by atoms with Crippen LogP contribution in [0.2, 0.25) is 0 Å². The molecule has 1 aliphatic rings. The van der Waals surface area contributed by atoms with E-state index in [0.29, 0.717) is 18.4 Å². The molecule has 0 bridgehead atoms. The van der Waals surface area contributed by atoms with Crippen molar-refractivity contribution in [2.75, 3.05) is 7.11 Å². The zero-order valence-electron chi connectivity index (χ0n) is 14.5. The molecule has 0 heterocycles. The summed E-state index contributed by atoms with van der Waals surface area (Å²) in [7, 11) is 1.37. The molecule has 2 aromatic carbocycles. The van der Waals surface area contributed by atoms with Gasteiger partial charge in [-0.1, -0.05) is 54.6 Å². The first-order valence-corrected chi connectivity index (χ1v) is 8.38. The SMILES string of the molecule is COC(=O)Cc1ccc(CC2(C#N)CC=C(C#N)c3ccccc32)cc1. The Labute approximate surface area is 153 Å². The zero-order valence-corrected chi connectivity index (χ0v) is 14.5. The highest BCUT2D eigenvalue weighted by atomic mass is 16.5. The van der Waals surface area contributed by atoms with Gasteiger partial charge in [-0.25, -0.2) is 0 Å². The number of methoxy groups -OCH3 is 1. The van der Waals surface area contributed by atoms with E-state index in [0.717, 1.165) is 22.3 Å². The molecule has 0 saturated carbocycles. The van der Waals surface area contributed by atoms with Crippen LogP contribution in [0.1, 0.15) is 28.7 Å². The summed E-state index contributed by atoms with van der Waals surface area (Å²) in [6.07, 6.45) is 3.15. The molecular weight excluding hydrogens is 324 g/mol. The van der Waals surface area contributed by atoms with E-state index in [-0.39, 0.29) is 12.4 Å². The summed E-state index contributed by atoms with van der Waals surface area (Å²) in [5.74, 6) is -0.276. The molecular formula is C22H18N2O2. The Morgan fingerprint density at radius 3 is 2.46 bits per heavy atom. The molecule has 26 heavy (non-hydrogen) atoms. The smallest absolute Gasteiger partial charge is 0.309 e. The molecule has 1 atom stereocenters. The highest BCUT2D eigenvalue weighted by molar-refractivity contribution is 5.81. The summed E-state index contributed by atoms with van der Waals surface area (Å²) >= 11 is 0. The van der Waals surface area contributed by atoms with Crippen LogP contribution in [-0.2, 0) is 27.8 Å². The molecule has 3 rings (SSSR count). The van der Waals surface area contributed by atoms with Crippen molar-refractivity contribution in [3.8, 4) is 12.1 Å². The first-order chi connectivity index (χ1) is 12.6. The summed E-state index contributed by atoms with van der Waals surface area (Å²) < 4.78 is 4.68. The first-order valence-electron chi connectivity index (χ1n) is 8.38. The van der Waals surface area contributed by atoms with Crippen LogP contribution in [0.5, 0.6) is 0 Å². The van der Waals surface area contributed by atoms with Crippen molar-refractivity contribution in [3.05, 3.63) is 76.9 Å². The van der Waals surface area contributed by atoms with E-state index in [4.69, 9.17) is 0 Å². The van der Waals surface area contributed by atoms with Gasteiger partial charge in [0, 0.05) is 0 Å². The Hall–Kier alpha value is -3.37. The summed E-state index contributed by atoms with van der Waals surface area (Å²) in [5, 5.41) is 19.3.